The van der Waals surface area contributed by atoms with Gasteiger partial charge in [-0.05, 0) is 18.6 Å². The fourth-order valence-corrected chi connectivity index (χ4v) is 3.96. The predicted octanol–water partition coefficient (Wildman–Crippen LogP) is 1.28. The van der Waals surface area contributed by atoms with Crippen LogP contribution in [0.4, 0.5) is 22.9 Å². The van der Waals surface area contributed by atoms with E-state index in [0.29, 0.717) is 36.7 Å². The number of likely N-dealkylation sites (N-methyl/N-ethyl adjacent to an activating group) is 1. The minimum absolute atomic E-state index is 0.0964. The van der Waals surface area contributed by atoms with E-state index in [1.165, 1.54) is 10.7 Å². The number of aromatic nitrogens is 3. The van der Waals surface area contributed by atoms with E-state index in [0.717, 1.165) is 23.7 Å². The van der Waals surface area contributed by atoms with E-state index < -0.39 is 11.9 Å². The Morgan fingerprint density at radius 1 is 1.31 bits per heavy atom. The van der Waals surface area contributed by atoms with E-state index in [2.05, 4.69) is 31.3 Å². The molecule has 0 saturated carbocycles. The highest BCUT2D eigenvalue weighted by atomic mass is 16.5. The molecular formula is C21H24N8O3. The number of imidazole rings is 1. The normalized spacial score (nSPS) is 17.5. The molecule has 2 amide bonds. The summed E-state index contributed by atoms with van der Waals surface area (Å²) in [5, 5.41) is 17.1. The molecule has 11 nitrogen and oxygen atoms in total. The van der Waals surface area contributed by atoms with Gasteiger partial charge in [0, 0.05) is 33.3 Å². The van der Waals surface area contributed by atoms with Crippen molar-refractivity contribution in [3.63, 3.8) is 0 Å². The van der Waals surface area contributed by atoms with Gasteiger partial charge in [-0.3, -0.25) is 9.59 Å². The van der Waals surface area contributed by atoms with E-state index in [-0.39, 0.29) is 11.6 Å². The van der Waals surface area contributed by atoms with Crippen LogP contribution in [0, 0.1) is 0 Å². The first-order valence-corrected chi connectivity index (χ1v) is 10.4. The average molecular weight is 436 g/mol. The van der Waals surface area contributed by atoms with E-state index in [4.69, 9.17) is 4.74 Å². The van der Waals surface area contributed by atoms with Crippen LogP contribution in [0.15, 0.2) is 30.5 Å². The number of amides is 2. The van der Waals surface area contributed by atoms with Crippen molar-refractivity contribution in [1.82, 2.24) is 24.8 Å². The van der Waals surface area contributed by atoms with Crippen LogP contribution in [0.2, 0.25) is 0 Å². The summed E-state index contributed by atoms with van der Waals surface area (Å²) in [4.78, 5) is 31.1. The number of benzene rings is 1. The highest BCUT2D eigenvalue weighted by Gasteiger charge is 2.31. The summed E-state index contributed by atoms with van der Waals surface area (Å²) < 4.78 is 7.30. The lowest BCUT2D eigenvalue weighted by atomic mass is 10.2. The Morgan fingerprint density at radius 3 is 2.97 bits per heavy atom. The molecule has 4 heterocycles. The van der Waals surface area contributed by atoms with Crippen LogP contribution in [-0.4, -0.2) is 71.1 Å². The molecule has 1 fully saturated rings. The Bertz CT molecular complexity index is 1210. The maximum absolute atomic E-state index is 12.9. The van der Waals surface area contributed by atoms with Gasteiger partial charge < -0.3 is 30.9 Å². The second-order valence-corrected chi connectivity index (χ2v) is 7.73. The maximum Gasteiger partial charge on any atom is 0.272 e. The van der Waals surface area contributed by atoms with Gasteiger partial charge in [0.1, 0.15) is 12.6 Å². The molecule has 1 saturated heterocycles. The summed E-state index contributed by atoms with van der Waals surface area (Å²) in [6, 6.07) is 7.06. The molecule has 0 unspecified atom stereocenters. The van der Waals surface area contributed by atoms with Crippen molar-refractivity contribution in [2.45, 2.75) is 12.5 Å². The van der Waals surface area contributed by atoms with Gasteiger partial charge in [-0.2, -0.15) is 0 Å². The molecule has 2 aliphatic heterocycles. The van der Waals surface area contributed by atoms with E-state index >= 15 is 0 Å². The van der Waals surface area contributed by atoms with Gasteiger partial charge in [0.25, 0.3) is 5.91 Å². The van der Waals surface area contributed by atoms with Crippen LogP contribution in [0.3, 0.4) is 0 Å². The molecule has 0 spiro atoms. The van der Waals surface area contributed by atoms with Gasteiger partial charge in [-0.25, -0.2) is 9.50 Å². The van der Waals surface area contributed by atoms with Crippen molar-refractivity contribution in [3.05, 3.63) is 36.2 Å². The molecule has 0 aliphatic carbocycles. The van der Waals surface area contributed by atoms with Crippen LogP contribution in [0.25, 0.3) is 5.65 Å². The molecule has 1 atom stereocenters. The average Bonchev–Trinajstić information content (AvgIpc) is 3.37. The van der Waals surface area contributed by atoms with Crippen molar-refractivity contribution in [3.8, 4) is 5.75 Å². The first-order chi connectivity index (χ1) is 15.5. The third-order valence-corrected chi connectivity index (χ3v) is 5.64. The zero-order valence-electron chi connectivity index (χ0n) is 17.8. The Hall–Kier alpha value is -4.02. The molecular weight excluding hydrogens is 412 g/mol. The van der Waals surface area contributed by atoms with Gasteiger partial charge >= 0.3 is 0 Å². The number of carbonyl (C=O) groups is 2. The van der Waals surface area contributed by atoms with Crippen molar-refractivity contribution >= 4 is 40.3 Å². The summed E-state index contributed by atoms with van der Waals surface area (Å²) in [6.07, 6.45) is 2.04. The topological polar surface area (TPSA) is 125 Å². The minimum Gasteiger partial charge on any atom is -0.487 e. The van der Waals surface area contributed by atoms with Gasteiger partial charge in [0.15, 0.2) is 22.9 Å². The number of rotatable bonds is 5. The SMILES string of the molecule is CNc1cc(Nc2cccc3c2OCCN3)nn2c(C(=O)N[C@@H]3CCN(C)C3=O)cnc12. The number of anilines is 4. The number of nitrogens with zero attached hydrogens (tertiary/aromatic N) is 4. The first-order valence-electron chi connectivity index (χ1n) is 10.4. The Labute approximate surface area is 184 Å². The van der Waals surface area contributed by atoms with Crippen LogP contribution in [0.1, 0.15) is 16.9 Å². The van der Waals surface area contributed by atoms with Gasteiger partial charge in [0.2, 0.25) is 5.91 Å². The number of hydrogen-bond acceptors (Lipinski definition) is 8. The molecule has 11 heteroatoms. The lowest BCUT2D eigenvalue weighted by molar-refractivity contribution is -0.128. The molecule has 2 aliphatic rings. The summed E-state index contributed by atoms with van der Waals surface area (Å²) >= 11 is 0. The zero-order chi connectivity index (χ0) is 22.2. The quantitative estimate of drug-likeness (QED) is 0.471. The number of fused-ring (bicyclic) bond motifs is 2. The van der Waals surface area contributed by atoms with Gasteiger partial charge in [-0.1, -0.05) is 6.07 Å². The number of para-hydroxylation sites is 1. The second kappa shape index (κ2) is 7.91. The molecule has 0 bridgehead atoms. The highest BCUT2D eigenvalue weighted by molar-refractivity contribution is 5.97. The molecule has 0 radical (unpaired) electrons. The Morgan fingerprint density at radius 2 is 2.19 bits per heavy atom. The van der Waals surface area contributed by atoms with E-state index in [9.17, 15) is 9.59 Å². The van der Waals surface area contributed by atoms with Crippen LogP contribution in [-0.2, 0) is 4.79 Å². The fraction of sp³-hybridized carbons (Fsp3) is 0.333. The molecule has 1 aromatic carbocycles. The van der Waals surface area contributed by atoms with Crippen molar-refractivity contribution < 1.29 is 14.3 Å². The molecule has 32 heavy (non-hydrogen) atoms. The number of ether oxygens (including phenoxy) is 1. The molecule has 3 aromatic rings. The monoisotopic (exact) mass is 436 g/mol. The zero-order valence-corrected chi connectivity index (χ0v) is 17.8. The van der Waals surface area contributed by atoms with Crippen LogP contribution in [0.5, 0.6) is 5.75 Å². The number of likely N-dealkylation sites (tertiary alicyclic amines) is 1. The van der Waals surface area contributed by atoms with Gasteiger partial charge in [-0.15, -0.1) is 5.10 Å². The minimum atomic E-state index is -0.538. The third kappa shape index (κ3) is 3.41. The molecule has 166 valence electrons. The summed E-state index contributed by atoms with van der Waals surface area (Å²) in [5.41, 5.74) is 3.11. The van der Waals surface area contributed by atoms with Crippen LogP contribution < -0.4 is 26.0 Å². The number of hydrogen-bond donors (Lipinski definition) is 4. The van der Waals surface area contributed by atoms with Crippen molar-refractivity contribution in [1.29, 1.82) is 0 Å². The summed E-state index contributed by atoms with van der Waals surface area (Å²) in [6.45, 7) is 1.93. The van der Waals surface area contributed by atoms with E-state index in [1.54, 1.807) is 19.0 Å². The second-order valence-electron chi connectivity index (χ2n) is 7.73. The maximum atomic E-state index is 12.9. The molecule has 4 N–H and O–H groups in total. The van der Waals surface area contributed by atoms with E-state index in [1.807, 2.05) is 24.3 Å². The summed E-state index contributed by atoms with van der Waals surface area (Å²) in [7, 11) is 3.50. The standard InChI is InChI=1S/C21H24N8O3/c1-22-15-10-17(25-13-5-3-4-12-18(13)32-9-7-23-12)27-29-16(11-24-19(15)29)20(30)26-14-6-8-28(2)21(14)31/h3-5,10-11,14,22-23H,6-9H2,1-2H3,(H,25,27)(H,26,30)/t14-/m1/s1. The lowest BCUT2D eigenvalue weighted by Gasteiger charge is -2.22. The number of nitrogens with one attached hydrogen (secondary N) is 4. The number of carbonyl (C=O) groups excluding carboxylic acids is 2. The Balaban J connectivity index is 1.48. The predicted molar refractivity (Wildman–Crippen MR) is 120 cm³/mol. The van der Waals surface area contributed by atoms with Crippen molar-refractivity contribution in [2.75, 3.05) is 49.7 Å². The molecule has 2 aromatic heterocycles. The summed E-state index contributed by atoms with van der Waals surface area (Å²) in [5.74, 6) is 0.732. The van der Waals surface area contributed by atoms with Gasteiger partial charge in [0.05, 0.1) is 23.3 Å². The van der Waals surface area contributed by atoms with Crippen molar-refractivity contribution in [2.24, 2.45) is 0 Å². The lowest BCUT2D eigenvalue weighted by Crippen LogP contribution is -2.41. The fourth-order valence-electron chi connectivity index (χ4n) is 3.96. The van der Waals surface area contributed by atoms with Crippen LogP contribution >= 0.6 is 0 Å². The third-order valence-electron chi connectivity index (χ3n) is 5.64. The Kier molecular flexibility index (Phi) is 4.92. The highest BCUT2D eigenvalue weighted by Crippen LogP contribution is 2.37. The smallest absolute Gasteiger partial charge is 0.272 e. The largest absolute Gasteiger partial charge is 0.487 e. The molecule has 5 rings (SSSR count). The first kappa shape index (κ1) is 19.9.